The molecule has 0 spiro atoms. The van der Waals surface area contributed by atoms with Crippen molar-refractivity contribution in [3.8, 4) is 0 Å². The van der Waals surface area contributed by atoms with E-state index in [9.17, 15) is 0 Å². The smallest absolute Gasteiger partial charge is 0.0507 e. The fourth-order valence-corrected chi connectivity index (χ4v) is 0.911. The number of hydrazine groups is 1. The Balaban J connectivity index is 2.06. The summed E-state index contributed by atoms with van der Waals surface area (Å²) in [7, 11) is 0. The second-order valence-electron chi connectivity index (χ2n) is 2.14. The van der Waals surface area contributed by atoms with Crippen molar-refractivity contribution in [2.75, 3.05) is 19.8 Å². The molecule has 0 aromatic carbocycles. The van der Waals surface area contributed by atoms with Gasteiger partial charge in [-0.3, -0.25) is 11.3 Å². The zero-order valence-electron chi connectivity index (χ0n) is 4.89. The van der Waals surface area contributed by atoms with Crippen LogP contribution in [0.2, 0.25) is 0 Å². The van der Waals surface area contributed by atoms with Gasteiger partial charge in [-0.05, 0) is 12.3 Å². The summed E-state index contributed by atoms with van der Waals surface area (Å²) in [6.45, 7) is 2.68. The van der Waals surface area contributed by atoms with E-state index in [-0.39, 0.29) is 0 Å². The summed E-state index contributed by atoms with van der Waals surface area (Å²) < 4.78 is 5.11. The molecule has 1 aliphatic rings. The second kappa shape index (κ2) is 3.02. The molecule has 0 aromatic rings. The number of nitrogens with two attached hydrogens (primary N) is 1. The molecule has 1 rings (SSSR count). The highest BCUT2D eigenvalue weighted by Gasteiger charge is 2.13. The SMILES string of the molecule is NNC[C@@H]1CCOC1. The molecule has 0 saturated carbocycles. The molecule has 8 heavy (non-hydrogen) atoms. The lowest BCUT2D eigenvalue weighted by atomic mass is 10.1. The predicted octanol–water partition coefficient (Wildman–Crippen LogP) is -0.514. The van der Waals surface area contributed by atoms with Crippen molar-refractivity contribution < 1.29 is 4.74 Å². The summed E-state index contributed by atoms with van der Waals surface area (Å²) >= 11 is 0. The van der Waals surface area contributed by atoms with Crippen molar-refractivity contribution >= 4 is 0 Å². The van der Waals surface area contributed by atoms with E-state index in [1.54, 1.807) is 0 Å². The Morgan fingerprint density at radius 3 is 3.12 bits per heavy atom. The van der Waals surface area contributed by atoms with Crippen LogP contribution in [0.5, 0.6) is 0 Å². The number of rotatable bonds is 2. The standard InChI is InChI=1S/C5H12N2O/c6-7-3-5-1-2-8-4-5/h5,7H,1-4,6H2/t5-/m0/s1. The lowest BCUT2D eigenvalue weighted by Gasteiger charge is -2.02. The highest BCUT2D eigenvalue weighted by Crippen LogP contribution is 2.09. The van der Waals surface area contributed by atoms with Crippen LogP contribution in [0.25, 0.3) is 0 Å². The Bertz CT molecular complexity index is 61.4. The van der Waals surface area contributed by atoms with Gasteiger partial charge in [0.1, 0.15) is 0 Å². The zero-order chi connectivity index (χ0) is 5.82. The number of hydrogen-bond acceptors (Lipinski definition) is 3. The maximum absolute atomic E-state index is 5.11. The van der Waals surface area contributed by atoms with Crippen LogP contribution in [0.4, 0.5) is 0 Å². The van der Waals surface area contributed by atoms with Gasteiger partial charge in [0.25, 0.3) is 0 Å². The minimum absolute atomic E-state index is 0.653. The minimum atomic E-state index is 0.653. The molecule has 1 heterocycles. The van der Waals surface area contributed by atoms with Crippen molar-refractivity contribution in [3.05, 3.63) is 0 Å². The van der Waals surface area contributed by atoms with E-state index in [1.165, 1.54) is 0 Å². The van der Waals surface area contributed by atoms with E-state index in [0.29, 0.717) is 5.92 Å². The molecule has 3 nitrogen and oxygen atoms in total. The van der Waals surface area contributed by atoms with E-state index in [2.05, 4.69) is 5.43 Å². The van der Waals surface area contributed by atoms with Crippen LogP contribution in [-0.4, -0.2) is 19.8 Å². The van der Waals surface area contributed by atoms with E-state index < -0.39 is 0 Å². The Kier molecular flexibility index (Phi) is 2.27. The van der Waals surface area contributed by atoms with Crippen molar-refractivity contribution in [3.63, 3.8) is 0 Å². The topological polar surface area (TPSA) is 47.3 Å². The molecule has 0 amide bonds. The molecular formula is C5H12N2O. The summed E-state index contributed by atoms with van der Waals surface area (Å²) in [4.78, 5) is 0. The van der Waals surface area contributed by atoms with E-state index >= 15 is 0 Å². The number of hydrogen-bond donors (Lipinski definition) is 2. The first kappa shape index (κ1) is 6.01. The molecule has 0 unspecified atom stereocenters. The van der Waals surface area contributed by atoms with Gasteiger partial charge in [-0.2, -0.15) is 0 Å². The number of ether oxygens (including phenoxy) is 1. The van der Waals surface area contributed by atoms with Crippen LogP contribution < -0.4 is 11.3 Å². The first-order valence-corrected chi connectivity index (χ1v) is 2.94. The maximum atomic E-state index is 5.11. The summed E-state index contributed by atoms with van der Waals surface area (Å²) in [6, 6.07) is 0. The quantitative estimate of drug-likeness (QED) is 0.377. The van der Waals surface area contributed by atoms with Gasteiger partial charge in [-0.25, -0.2) is 0 Å². The van der Waals surface area contributed by atoms with Gasteiger partial charge in [0.05, 0.1) is 6.61 Å². The van der Waals surface area contributed by atoms with Crippen molar-refractivity contribution in [2.24, 2.45) is 11.8 Å². The predicted molar refractivity (Wildman–Crippen MR) is 31.1 cm³/mol. The zero-order valence-corrected chi connectivity index (χ0v) is 4.89. The Morgan fingerprint density at radius 2 is 2.62 bits per heavy atom. The van der Waals surface area contributed by atoms with Gasteiger partial charge >= 0.3 is 0 Å². The normalized spacial score (nSPS) is 28.9. The first-order valence-electron chi connectivity index (χ1n) is 2.94. The molecule has 1 atom stereocenters. The fourth-order valence-electron chi connectivity index (χ4n) is 0.911. The number of nitrogens with one attached hydrogen (secondary N) is 1. The average molecular weight is 116 g/mol. The molecule has 3 N–H and O–H groups in total. The highest BCUT2D eigenvalue weighted by molar-refractivity contribution is 4.64. The lowest BCUT2D eigenvalue weighted by molar-refractivity contribution is 0.185. The van der Waals surface area contributed by atoms with E-state index in [0.717, 1.165) is 26.2 Å². The molecule has 0 radical (unpaired) electrons. The summed E-state index contributed by atoms with van der Waals surface area (Å²) in [5.41, 5.74) is 2.63. The fraction of sp³-hybridized carbons (Fsp3) is 1.00. The van der Waals surface area contributed by atoms with Crippen LogP contribution in [-0.2, 0) is 4.74 Å². The van der Waals surface area contributed by atoms with Crippen molar-refractivity contribution in [1.29, 1.82) is 0 Å². The molecule has 0 aromatic heterocycles. The first-order chi connectivity index (χ1) is 3.93. The maximum Gasteiger partial charge on any atom is 0.0507 e. The van der Waals surface area contributed by atoms with Gasteiger partial charge in [0.15, 0.2) is 0 Å². The molecule has 1 aliphatic heterocycles. The van der Waals surface area contributed by atoms with E-state index in [4.69, 9.17) is 10.6 Å². The molecule has 3 heteroatoms. The van der Waals surface area contributed by atoms with Crippen LogP contribution >= 0.6 is 0 Å². The molecule has 1 saturated heterocycles. The van der Waals surface area contributed by atoms with Gasteiger partial charge in [-0.15, -0.1) is 0 Å². The van der Waals surface area contributed by atoms with Gasteiger partial charge in [0.2, 0.25) is 0 Å². The van der Waals surface area contributed by atoms with Gasteiger partial charge in [0, 0.05) is 13.2 Å². The van der Waals surface area contributed by atoms with Crippen molar-refractivity contribution in [1.82, 2.24) is 5.43 Å². The van der Waals surface area contributed by atoms with Crippen molar-refractivity contribution in [2.45, 2.75) is 6.42 Å². The second-order valence-corrected chi connectivity index (χ2v) is 2.14. The largest absolute Gasteiger partial charge is 0.381 e. The Morgan fingerprint density at radius 1 is 1.75 bits per heavy atom. The Labute approximate surface area is 49.2 Å². The average Bonchev–Trinajstić information content (AvgIpc) is 2.19. The van der Waals surface area contributed by atoms with Crippen LogP contribution in [0.15, 0.2) is 0 Å². The highest BCUT2D eigenvalue weighted by atomic mass is 16.5. The van der Waals surface area contributed by atoms with Crippen LogP contribution in [0.3, 0.4) is 0 Å². The monoisotopic (exact) mass is 116 g/mol. The van der Waals surface area contributed by atoms with E-state index in [1.807, 2.05) is 0 Å². The molecular weight excluding hydrogens is 104 g/mol. The summed E-state index contributed by atoms with van der Waals surface area (Å²) in [5, 5.41) is 0. The summed E-state index contributed by atoms with van der Waals surface area (Å²) in [5.74, 6) is 5.76. The lowest BCUT2D eigenvalue weighted by Crippen LogP contribution is -2.28. The molecule has 1 fully saturated rings. The van der Waals surface area contributed by atoms with Crippen LogP contribution in [0, 0.1) is 5.92 Å². The van der Waals surface area contributed by atoms with Crippen LogP contribution in [0.1, 0.15) is 6.42 Å². The Hall–Kier alpha value is -0.120. The summed E-state index contributed by atoms with van der Waals surface area (Å²) in [6.07, 6.45) is 1.16. The molecule has 0 bridgehead atoms. The van der Waals surface area contributed by atoms with Gasteiger partial charge < -0.3 is 4.74 Å². The third-order valence-corrected chi connectivity index (χ3v) is 1.43. The third kappa shape index (κ3) is 1.43. The molecule has 0 aliphatic carbocycles. The molecule has 48 valence electrons. The minimum Gasteiger partial charge on any atom is -0.381 e. The van der Waals surface area contributed by atoms with Gasteiger partial charge in [-0.1, -0.05) is 0 Å². The third-order valence-electron chi connectivity index (χ3n) is 1.43.